The Labute approximate surface area is 174 Å². The van der Waals surface area contributed by atoms with E-state index in [0.29, 0.717) is 28.5 Å². The summed E-state index contributed by atoms with van der Waals surface area (Å²) in [5.74, 6) is 1.49. The summed E-state index contributed by atoms with van der Waals surface area (Å²) >= 11 is 0. The van der Waals surface area contributed by atoms with Crippen LogP contribution in [-0.2, 0) is 16.6 Å². The van der Waals surface area contributed by atoms with Crippen molar-refractivity contribution in [3.63, 3.8) is 0 Å². The van der Waals surface area contributed by atoms with E-state index in [4.69, 9.17) is 14.6 Å². The molecule has 0 unspecified atom stereocenters. The van der Waals surface area contributed by atoms with Gasteiger partial charge in [0, 0.05) is 23.4 Å². The van der Waals surface area contributed by atoms with Crippen molar-refractivity contribution in [2.75, 3.05) is 0 Å². The van der Waals surface area contributed by atoms with Crippen LogP contribution < -0.4 is 20.2 Å². The van der Waals surface area contributed by atoms with E-state index in [1.807, 2.05) is 13.8 Å². The number of aromatic amines is 1. The quantitative estimate of drug-likeness (QED) is 0.595. The topological polar surface area (TPSA) is 124 Å². The molecule has 0 saturated carbocycles. The Morgan fingerprint density at radius 3 is 2.37 bits per heavy atom. The number of aromatic nitrogens is 2. The van der Waals surface area contributed by atoms with E-state index in [9.17, 15) is 13.2 Å². The number of hydrogen-bond donors (Lipinski definition) is 2. The van der Waals surface area contributed by atoms with Crippen molar-refractivity contribution in [3.05, 3.63) is 70.1 Å². The number of rotatable bonds is 7. The van der Waals surface area contributed by atoms with Gasteiger partial charge in [-0.1, -0.05) is 12.1 Å². The van der Waals surface area contributed by atoms with Gasteiger partial charge in [-0.25, -0.2) is 18.5 Å². The molecule has 2 aromatic carbocycles. The number of primary sulfonamides is 1. The van der Waals surface area contributed by atoms with E-state index in [0.717, 1.165) is 5.56 Å². The van der Waals surface area contributed by atoms with Gasteiger partial charge in [0.15, 0.2) is 0 Å². The van der Waals surface area contributed by atoms with E-state index in [2.05, 4.69) is 9.97 Å². The molecule has 3 rings (SSSR count). The number of sulfonamides is 1. The maximum absolute atomic E-state index is 12.0. The molecular formula is C21H23N3O5S. The summed E-state index contributed by atoms with van der Waals surface area (Å²) in [6, 6.07) is 11.4. The van der Waals surface area contributed by atoms with E-state index in [-0.39, 0.29) is 23.2 Å². The number of nitrogens with one attached hydrogen (secondary N) is 1. The van der Waals surface area contributed by atoms with E-state index < -0.39 is 10.0 Å². The monoisotopic (exact) mass is 429 g/mol. The molecule has 0 radical (unpaired) electrons. The Kier molecular flexibility index (Phi) is 6.23. The molecule has 158 valence electrons. The highest BCUT2D eigenvalue weighted by Crippen LogP contribution is 2.29. The third-order valence-electron chi connectivity index (χ3n) is 4.16. The van der Waals surface area contributed by atoms with Gasteiger partial charge < -0.3 is 14.5 Å². The SMILES string of the molecule is Cc1cnc(-c2cc(OCc3ccc(S(N)(=O)=O)cc3)cc(OC(C)C)c2)[nH]c1=O. The number of nitrogens with two attached hydrogens (primary N) is 1. The molecule has 0 fully saturated rings. The molecule has 8 nitrogen and oxygen atoms in total. The molecule has 3 aromatic rings. The lowest BCUT2D eigenvalue weighted by Gasteiger charge is -2.14. The second-order valence-corrected chi connectivity index (χ2v) is 8.64. The normalized spacial score (nSPS) is 11.5. The molecule has 0 aliphatic rings. The van der Waals surface area contributed by atoms with Gasteiger partial charge in [-0.3, -0.25) is 4.79 Å². The van der Waals surface area contributed by atoms with Gasteiger partial charge in [0.1, 0.15) is 23.9 Å². The average Bonchev–Trinajstić information content (AvgIpc) is 2.67. The Balaban J connectivity index is 1.87. The molecule has 0 atom stereocenters. The molecule has 0 bridgehead atoms. The first kappa shape index (κ1) is 21.5. The largest absolute Gasteiger partial charge is 0.491 e. The second-order valence-electron chi connectivity index (χ2n) is 7.08. The molecule has 3 N–H and O–H groups in total. The molecule has 1 aromatic heterocycles. The fraction of sp³-hybridized carbons (Fsp3) is 0.238. The molecule has 0 amide bonds. The fourth-order valence-electron chi connectivity index (χ4n) is 2.68. The minimum absolute atomic E-state index is 0.0373. The van der Waals surface area contributed by atoms with Crippen LogP contribution in [0.1, 0.15) is 25.0 Å². The summed E-state index contributed by atoms with van der Waals surface area (Å²) in [5.41, 5.74) is 1.71. The third-order valence-corrected chi connectivity index (χ3v) is 5.09. The van der Waals surface area contributed by atoms with Gasteiger partial charge in [-0.15, -0.1) is 0 Å². The lowest BCUT2D eigenvalue weighted by molar-refractivity contribution is 0.239. The molecule has 9 heteroatoms. The molecule has 30 heavy (non-hydrogen) atoms. The number of benzene rings is 2. The Bertz CT molecular complexity index is 1200. The van der Waals surface area contributed by atoms with Crippen molar-refractivity contribution in [2.24, 2.45) is 5.14 Å². The van der Waals surface area contributed by atoms with Crippen LogP contribution in [0, 0.1) is 6.92 Å². The standard InChI is InChI=1S/C21H23N3O5S/c1-13(2)29-18-9-16(20-23-11-14(3)21(25)24-20)8-17(10-18)28-12-15-4-6-19(7-5-15)30(22,26)27/h4-11,13H,12H2,1-3H3,(H2,22,26,27)(H,23,24,25). The Hall–Kier alpha value is -3.17. The summed E-state index contributed by atoms with van der Waals surface area (Å²) in [6.45, 7) is 5.70. The molecule has 0 aliphatic heterocycles. The maximum atomic E-state index is 12.0. The zero-order chi connectivity index (χ0) is 21.9. The van der Waals surface area contributed by atoms with Crippen molar-refractivity contribution < 1.29 is 17.9 Å². The van der Waals surface area contributed by atoms with Gasteiger partial charge >= 0.3 is 0 Å². The van der Waals surface area contributed by atoms with Crippen molar-refractivity contribution in [1.82, 2.24) is 9.97 Å². The maximum Gasteiger partial charge on any atom is 0.254 e. The summed E-state index contributed by atoms with van der Waals surface area (Å²) in [6.07, 6.45) is 1.46. The molecular weight excluding hydrogens is 406 g/mol. The van der Waals surface area contributed by atoms with Crippen molar-refractivity contribution in [2.45, 2.75) is 38.4 Å². The summed E-state index contributed by atoms with van der Waals surface area (Å²) in [5, 5.41) is 5.12. The van der Waals surface area contributed by atoms with Gasteiger partial charge in [0.25, 0.3) is 5.56 Å². The lowest BCUT2D eigenvalue weighted by atomic mass is 10.1. The minimum atomic E-state index is -3.74. The van der Waals surface area contributed by atoms with Gasteiger partial charge in [0.2, 0.25) is 10.0 Å². The minimum Gasteiger partial charge on any atom is -0.491 e. The van der Waals surface area contributed by atoms with E-state index in [1.165, 1.54) is 18.3 Å². The van der Waals surface area contributed by atoms with Crippen LogP contribution in [0.5, 0.6) is 11.5 Å². The Morgan fingerprint density at radius 1 is 1.10 bits per heavy atom. The van der Waals surface area contributed by atoms with Crippen molar-refractivity contribution in [3.8, 4) is 22.9 Å². The molecule has 0 saturated heterocycles. The molecule has 0 spiro atoms. The average molecular weight is 429 g/mol. The predicted octanol–water partition coefficient (Wildman–Crippen LogP) is 2.76. The third kappa shape index (κ3) is 5.46. The number of hydrogen-bond acceptors (Lipinski definition) is 6. The highest BCUT2D eigenvalue weighted by Gasteiger charge is 2.11. The van der Waals surface area contributed by atoms with Gasteiger partial charge in [0.05, 0.1) is 11.0 Å². The first-order chi connectivity index (χ1) is 14.1. The summed E-state index contributed by atoms with van der Waals surface area (Å²) in [7, 11) is -3.74. The van der Waals surface area contributed by atoms with Crippen LogP contribution in [0.25, 0.3) is 11.4 Å². The number of ether oxygens (including phenoxy) is 2. The van der Waals surface area contributed by atoms with Crippen LogP contribution in [0.2, 0.25) is 0 Å². The number of H-pyrrole nitrogens is 1. The predicted molar refractivity (Wildman–Crippen MR) is 113 cm³/mol. The smallest absolute Gasteiger partial charge is 0.254 e. The van der Waals surface area contributed by atoms with Gasteiger partial charge in [-0.05, 0) is 50.6 Å². The fourth-order valence-corrected chi connectivity index (χ4v) is 3.19. The van der Waals surface area contributed by atoms with E-state index >= 15 is 0 Å². The van der Waals surface area contributed by atoms with Crippen LogP contribution in [0.15, 0.2) is 58.4 Å². The van der Waals surface area contributed by atoms with Crippen LogP contribution in [0.4, 0.5) is 0 Å². The van der Waals surface area contributed by atoms with Crippen molar-refractivity contribution >= 4 is 10.0 Å². The first-order valence-electron chi connectivity index (χ1n) is 9.24. The van der Waals surface area contributed by atoms with Crippen LogP contribution >= 0.6 is 0 Å². The zero-order valence-corrected chi connectivity index (χ0v) is 17.7. The number of nitrogens with zero attached hydrogens (tertiary/aromatic N) is 1. The van der Waals surface area contributed by atoms with Gasteiger partial charge in [-0.2, -0.15) is 0 Å². The lowest BCUT2D eigenvalue weighted by Crippen LogP contribution is -2.12. The Morgan fingerprint density at radius 2 is 1.77 bits per heavy atom. The van der Waals surface area contributed by atoms with E-state index in [1.54, 1.807) is 37.3 Å². The molecule has 1 heterocycles. The second kappa shape index (κ2) is 8.68. The zero-order valence-electron chi connectivity index (χ0n) is 16.9. The highest BCUT2D eigenvalue weighted by molar-refractivity contribution is 7.89. The van der Waals surface area contributed by atoms with Crippen molar-refractivity contribution in [1.29, 1.82) is 0 Å². The first-order valence-corrected chi connectivity index (χ1v) is 10.8. The van der Waals surface area contributed by atoms with Crippen LogP contribution in [-0.4, -0.2) is 24.5 Å². The summed E-state index contributed by atoms with van der Waals surface area (Å²) in [4.78, 5) is 19.0. The highest BCUT2D eigenvalue weighted by atomic mass is 32.2. The molecule has 0 aliphatic carbocycles. The summed E-state index contributed by atoms with van der Waals surface area (Å²) < 4.78 is 34.4. The van der Waals surface area contributed by atoms with Crippen LogP contribution in [0.3, 0.4) is 0 Å². The number of aryl methyl sites for hydroxylation is 1.